The van der Waals surface area contributed by atoms with Gasteiger partial charge in [0.25, 0.3) is 0 Å². The highest BCUT2D eigenvalue weighted by Crippen LogP contribution is 2.32. The first kappa shape index (κ1) is 39.3. The second-order valence-electron chi connectivity index (χ2n) is 13.3. The van der Waals surface area contributed by atoms with Crippen molar-refractivity contribution in [2.75, 3.05) is 19.8 Å². The second-order valence-corrected chi connectivity index (χ2v) is 14.2. The van der Waals surface area contributed by atoms with Crippen molar-refractivity contribution in [3.05, 3.63) is 0 Å². The van der Waals surface area contributed by atoms with Crippen LogP contribution in [0.1, 0.15) is 130 Å². The van der Waals surface area contributed by atoms with Gasteiger partial charge in [0.2, 0.25) is 5.91 Å². The Bertz CT molecular complexity index is 802. The number of thioether (sulfide) groups is 1. The van der Waals surface area contributed by atoms with E-state index in [9.17, 15) is 24.9 Å². The first-order chi connectivity index (χ1) is 21.1. The summed E-state index contributed by atoms with van der Waals surface area (Å²) in [5, 5.41) is 35.6. The minimum atomic E-state index is -1.46. The van der Waals surface area contributed by atoms with Crippen molar-refractivity contribution in [2.45, 2.75) is 178 Å². The highest BCUT2D eigenvalue weighted by Gasteiger charge is 2.50. The van der Waals surface area contributed by atoms with Crippen LogP contribution in [0, 0.1) is 5.92 Å². The van der Waals surface area contributed by atoms with E-state index in [4.69, 9.17) is 9.47 Å². The van der Waals surface area contributed by atoms with Crippen LogP contribution in [0.25, 0.3) is 0 Å². The summed E-state index contributed by atoms with van der Waals surface area (Å²) in [7, 11) is 1.92. The van der Waals surface area contributed by atoms with Crippen molar-refractivity contribution >= 4 is 23.6 Å². The third kappa shape index (κ3) is 13.1. The average Bonchev–Trinajstić information content (AvgIpc) is 3.36. The molecule has 44 heavy (non-hydrogen) atoms. The van der Waals surface area contributed by atoms with E-state index in [0.717, 1.165) is 45.1 Å². The number of carbonyl (C=O) groups is 2. The van der Waals surface area contributed by atoms with Gasteiger partial charge in [0.05, 0.1) is 18.2 Å². The lowest BCUT2D eigenvalue weighted by molar-refractivity contribution is -0.223. The Morgan fingerprint density at radius 3 is 2.02 bits per heavy atom. The number of amides is 1. The van der Waals surface area contributed by atoms with Crippen molar-refractivity contribution < 1.29 is 34.4 Å². The Labute approximate surface area is 271 Å². The molecule has 4 N–H and O–H groups in total. The van der Waals surface area contributed by atoms with Crippen LogP contribution in [0.15, 0.2) is 0 Å². The van der Waals surface area contributed by atoms with Crippen LogP contribution in [-0.2, 0) is 19.1 Å². The van der Waals surface area contributed by atoms with Gasteiger partial charge in [-0.2, -0.15) is 0 Å². The van der Waals surface area contributed by atoms with Crippen LogP contribution in [0.2, 0.25) is 0 Å². The lowest BCUT2D eigenvalue weighted by atomic mass is 9.91. The molecule has 2 aliphatic rings. The van der Waals surface area contributed by atoms with Gasteiger partial charge in [-0.1, -0.05) is 97.3 Å². The molecule has 0 aliphatic carbocycles. The topological polar surface area (TPSA) is 129 Å². The molecular formula is C34H64N2O7S. The second kappa shape index (κ2) is 21.8. The Morgan fingerprint density at radius 2 is 1.50 bits per heavy atom. The number of esters is 1. The van der Waals surface area contributed by atoms with Crippen molar-refractivity contribution in [3.8, 4) is 0 Å². The lowest BCUT2D eigenvalue weighted by Gasteiger charge is -2.45. The highest BCUT2D eigenvalue weighted by atomic mass is 32.2. The molecule has 1 amide bonds. The molecular weight excluding hydrogens is 580 g/mol. The maximum absolute atomic E-state index is 13.2. The van der Waals surface area contributed by atoms with E-state index in [-0.39, 0.29) is 18.4 Å². The summed E-state index contributed by atoms with van der Waals surface area (Å²) in [5.74, 6) is -0.203. The maximum Gasteiger partial charge on any atom is 0.306 e. The van der Waals surface area contributed by atoms with Crippen LogP contribution in [0.5, 0.6) is 0 Å². The van der Waals surface area contributed by atoms with E-state index < -0.39 is 48.0 Å². The quantitative estimate of drug-likeness (QED) is 0.0932. The number of carbonyl (C=O) groups excluding carboxylic acids is 2. The fourth-order valence-electron chi connectivity index (χ4n) is 6.74. The number of hydrogen-bond acceptors (Lipinski definition) is 9. The molecule has 0 aromatic carbocycles. The smallest absolute Gasteiger partial charge is 0.306 e. The minimum absolute atomic E-state index is 0.227. The number of aliphatic hydroxyl groups excluding tert-OH is 3. The molecule has 2 saturated heterocycles. The number of likely N-dealkylation sites (N-methyl/N-ethyl adjacent to an activating group) is 1. The third-order valence-electron chi connectivity index (χ3n) is 9.38. The Kier molecular flexibility index (Phi) is 19.5. The number of unbranched alkanes of at least 4 members (excludes halogenated alkanes) is 12. The summed E-state index contributed by atoms with van der Waals surface area (Å²) in [6.07, 6.45) is 14.7. The summed E-state index contributed by atoms with van der Waals surface area (Å²) in [4.78, 5) is 27.9. The van der Waals surface area contributed by atoms with Crippen LogP contribution in [0.4, 0.5) is 0 Å². The first-order valence-electron chi connectivity index (χ1n) is 17.6. The van der Waals surface area contributed by atoms with E-state index in [2.05, 4.69) is 19.2 Å². The summed E-state index contributed by atoms with van der Waals surface area (Å²) in [6, 6.07) is -1.27. The van der Waals surface area contributed by atoms with E-state index in [1.165, 1.54) is 82.9 Å². The predicted molar refractivity (Wildman–Crippen MR) is 177 cm³/mol. The molecule has 0 aromatic rings. The number of nitrogens with one attached hydrogen (secondary N) is 1. The fourth-order valence-corrected chi connectivity index (χ4v) is 7.46. The predicted octanol–water partition coefficient (Wildman–Crippen LogP) is 5.18. The number of likely N-dealkylation sites (tertiary alicyclic amines) is 1. The van der Waals surface area contributed by atoms with E-state index in [1.54, 1.807) is 6.26 Å². The van der Waals surface area contributed by atoms with Gasteiger partial charge in [-0.3, -0.25) is 14.5 Å². The zero-order chi connectivity index (χ0) is 32.5. The van der Waals surface area contributed by atoms with Gasteiger partial charge in [-0.25, -0.2) is 0 Å². The van der Waals surface area contributed by atoms with Gasteiger partial charge in [0, 0.05) is 13.0 Å². The molecule has 2 heterocycles. The molecule has 0 saturated carbocycles. The number of nitrogens with zero attached hydrogens (tertiary/aromatic N) is 1. The van der Waals surface area contributed by atoms with Crippen LogP contribution < -0.4 is 5.32 Å². The molecule has 8 unspecified atom stereocenters. The highest BCUT2D eigenvalue weighted by molar-refractivity contribution is 7.99. The molecule has 0 aromatic heterocycles. The molecule has 258 valence electrons. The first-order valence-corrected chi connectivity index (χ1v) is 18.9. The van der Waals surface area contributed by atoms with Crippen molar-refractivity contribution in [1.82, 2.24) is 10.2 Å². The van der Waals surface area contributed by atoms with Crippen LogP contribution in [0.3, 0.4) is 0 Å². The molecule has 9 atom stereocenters. The summed E-state index contributed by atoms with van der Waals surface area (Å²) < 4.78 is 11.7. The standard InChI is InChI=1S/C34H64N2O7S/c1-6-8-9-10-11-12-13-14-15-16-17-18-19-21-27(38)42-32-30(40)29(39)31(43-34(32)44-5)28(24(3)37)35-33(41)26-22-25(20-7-2)23-36(26)4/h24-26,28-32,34,37,39-40H,6-23H2,1-5H3,(H,35,41)/t24?,25?,26?,28-,29?,30?,31?,32?,34?/m1/s1. The van der Waals surface area contributed by atoms with Crippen molar-refractivity contribution in [3.63, 3.8) is 0 Å². The lowest BCUT2D eigenvalue weighted by Crippen LogP contribution is -2.66. The molecule has 9 nitrogen and oxygen atoms in total. The summed E-state index contributed by atoms with van der Waals surface area (Å²) >= 11 is 1.26. The molecule has 10 heteroatoms. The number of aliphatic hydroxyl groups is 3. The number of hydrogen-bond donors (Lipinski definition) is 4. The zero-order valence-corrected chi connectivity index (χ0v) is 29.1. The summed E-state index contributed by atoms with van der Waals surface area (Å²) in [5.41, 5.74) is -0.754. The van der Waals surface area contributed by atoms with Crippen molar-refractivity contribution in [1.29, 1.82) is 0 Å². The molecule has 2 rings (SSSR count). The molecule has 0 bridgehead atoms. The van der Waals surface area contributed by atoms with Crippen LogP contribution in [-0.4, -0.2) is 100.0 Å². The normalized spacial score (nSPS) is 29.0. The number of ether oxygens (including phenoxy) is 2. The Morgan fingerprint density at radius 1 is 0.932 bits per heavy atom. The zero-order valence-electron chi connectivity index (χ0n) is 28.3. The van der Waals surface area contributed by atoms with E-state index >= 15 is 0 Å². The number of rotatable bonds is 22. The molecule has 2 aliphatic heterocycles. The van der Waals surface area contributed by atoms with Gasteiger partial charge < -0.3 is 30.1 Å². The minimum Gasteiger partial charge on any atom is -0.456 e. The van der Waals surface area contributed by atoms with Gasteiger partial charge in [0.15, 0.2) is 6.10 Å². The molecule has 2 fully saturated rings. The fraction of sp³-hybridized carbons (Fsp3) is 0.941. The molecule has 0 spiro atoms. The molecule has 0 radical (unpaired) electrons. The SMILES string of the molecule is CCCCCCCCCCCCCCCC(=O)OC1C(SC)OC([C@H](NC(=O)C2CC(CCC)CN2C)C(C)O)C(O)C1O. The van der Waals surface area contributed by atoms with E-state index in [1.807, 2.05) is 11.9 Å². The largest absolute Gasteiger partial charge is 0.456 e. The van der Waals surface area contributed by atoms with Gasteiger partial charge >= 0.3 is 5.97 Å². The van der Waals surface area contributed by atoms with Crippen molar-refractivity contribution in [2.24, 2.45) is 5.92 Å². The monoisotopic (exact) mass is 644 g/mol. The Balaban J connectivity index is 1.76. The summed E-state index contributed by atoms with van der Waals surface area (Å²) in [6.45, 7) is 6.75. The van der Waals surface area contributed by atoms with Gasteiger partial charge in [-0.15, -0.1) is 11.8 Å². The Hall–Kier alpha value is -0.910. The maximum atomic E-state index is 13.2. The van der Waals surface area contributed by atoms with E-state index in [0.29, 0.717) is 5.92 Å². The third-order valence-corrected chi connectivity index (χ3v) is 10.2. The van der Waals surface area contributed by atoms with Gasteiger partial charge in [-0.05, 0) is 45.4 Å². The van der Waals surface area contributed by atoms with Crippen LogP contribution >= 0.6 is 11.8 Å². The average molecular weight is 645 g/mol. The van der Waals surface area contributed by atoms with Gasteiger partial charge in [0.1, 0.15) is 23.7 Å².